The lowest BCUT2D eigenvalue weighted by atomic mass is 9.59. The molecule has 1 heterocycles. The van der Waals surface area contributed by atoms with Gasteiger partial charge in [0.2, 0.25) is 5.79 Å². The molecule has 0 amide bonds. The first kappa shape index (κ1) is 11.7. The molecule has 0 spiro atoms. The first-order valence-electron chi connectivity index (χ1n) is 6.37. The van der Waals surface area contributed by atoms with E-state index in [2.05, 4.69) is 25.7 Å². The van der Waals surface area contributed by atoms with Gasteiger partial charge in [0.15, 0.2) is 0 Å². The van der Waals surface area contributed by atoms with Gasteiger partial charge in [-0.2, -0.15) is 0 Å². The van der Waals surface area contributed by atoms with Crippen molar-refractivity contribution in [2.45, 2.75) is 38.9 Å². The zero-order chi connectivity index (χ0) is 13.1. The summed E-state index contributed by atoms with van der Waals surface area (Å²) in [6.45, 7) is 7.99. The average Bonchev–Trinajstić information content (AvgIpc) is 2.46. The second-order valence-corrected chi connectivity index (χ2v) is 5.98. The lowest BCUT2D eigenvalue weighted by molar-refractivity contribution is -0.197. The molecule has 3 heteroatoms. The van der Waals surface area contributed by atoms with Crippen LogP contribution in [0.25, 0.3) is 0 Å². The molecule has 3 nitrogen and oxygen atoms in total. The predicted molar refractivity (Wildman–Crippen MR) is 67.5 cm³/mol. The van der Waals surface area contributed by atoms with Crippen LogP contribution in [0.1, 0.15) is 33.1 Å². The zero-order valence-electron chi connectivity index (χ0n) is 10.8. The van der Waals surface area contributed by atoms with E-state index in [1.165, 1.54) is 5.57 Å². The summed E-state index contributed by atoms with van der Waals surface area (Å²) in [5, 5.41) is 10.6. The van der Waals surface area contributed by atoms with Crippen molar-refractivity contribution in [3.05, 3.63) is 35.5 Å². The van der Waals surface area contributed by atoms with Gasteiger partial charge in [-0.25, -0.2) is 4.79 Å². The van der Waals surface area contributed by atoms with Crippen molar-refractivity contribution in [3.8, 4) is 0 Å². The molecule has 96 valence electrons. The number of aliphatic hydroxyl groups is 1. The Balaban J connectivity index is 2.08. The van der Waals surface area contributed by atoms with Gasteiger partial charge in [-0.1, -0.05) is 31.2 Å². The molecule has 0 unspecified atom stereocenters. The van der Waals surface area contributed by atoms with Crippen molar-refractivity contribution in [2.75, 3.05) is 0 Å². The maximum absolute atomic E-state index is 11.7. The SMILES string of the molecule is C=C1CC=C[C@@]2(C)C[C@@]3(O)OC(=O)C(C)=C3C[C@@H]12. The van der Waals surface area contributed by atoms with E-state index in [9.17, 15) is 9.90 Å². The normalized spacial score (nSPS) is 42.7. The third-order valence-corrected chi connectivity index (χ3v) is 4.69. The number of rotatable bonds is 0. The lowest BCUT2D eigenvalue weighted by Crippen LogP contribution is -2.47. The molecule has 1 N–H and O–H groups in total. The highest BCUT2D eigenvalue weighted by Crippen LogP contribution is 2.56. The van der Waals surface area contributed by atoms with Crippen molar-refractivity contribution in [2.24, 2.45) is 11.3 Å². The van der Waals surface area contributed by atoms with E-state index in [-0.39, 0.29) is 11.4 Å². The quantitative estimate of drug-likeness (QED) is 0.527. The molecule has 2 aliphatic carbocycles. The first-order chi connectivity index (χ1) is 8.36. The highest BCUT2D eigenvalue weighted by molar-refractivity contribution is 5.92. The first-order valence-corrected chi connectivity index (χ1v) is 6.37. The Kier molecular flexibility index (Phi) is 2.18. The lowest BCUT2D eigenvalue weighted by Gasteiger charge is -2.48. The Bertz CT molecular complexity index is 512. The number of carbonyl (C=O) groups excluding carboxylic acids is 1. The van der Waals surface area contributed by atoms with Gasteiger partial charge in [0, 0.05) is 17.6 Å². The Hall–Kier alpha value is -1.35. The summed E-state index contributed by atoms with van der Waals surface area (Å²) in [5.41, 5.74) is 2.34. The number of fused-ring (bicyclic) bond motifs is 2. The predicted octanol–water partition coefficient (Wildman–Crippen LogP) is 2.48. The van der Waals surface area contributed by atoms with Gasteiger partial charge in [0.1, 0.15) is 0 Å². The molecular weight excluding hydrogens is 228 g/mol. The van der Waals surface area contributed by atoms with Crippen LogP contribution in [0.3, 0.4) is 0 Å². The van der Waals surface area contributed by atoms with Gasteiger partial charge in [0.05, 0.1) is 0 Å². The van der Waals surface area contributed by atoms with Crippen LogP contribution < -0.4 is 0 Å². The smallest absolute Gasteiger partial charge is 0.336 e. The molecule has 0 aromatic heterocycles. The van der Waals surface area contributed by atoms with E-state index in [0.717, 1.165) is 12.0 Å². The molecule has 1 saturated carbocycles. The van der Waals surface area contributed by atoms with Crippen molar-refractivity contribution in [1.82, 2.24) is 0 Å². The molecule has 3 atom stereocenters. The molecule has 3 aliphatic rings. The molecule has 0 bridgehead atoms. The summed E-state index contributed by atoms with van der Waals surface area (Å²) in [5.74, 6) is -1.49. The number of hydrogen-bond donors (Lipinski definition) is 1. The van der Waals surface area contributed by atoms with E-state index < -0.39 is 5.79 Å². The van der Waals surface area contributed by atoms with Gasteiger partial charge in [-0.3, -0.25) is 0 Å². The van der Waals surface area contributed by atoms with Gasteiger partial charge in [-0.15, -0.1) is 0 Å². The fourth-order valence-electron chi connectivity index (χ4n) is 3.65. The van der Waals surface area contributed by atoms with E-state index in [1.807, 2.05) is 0 Å². The summed E-state index contributed by atoms with van der Waals surface area (Å²) in [6, 6.07) is 0. The largest absolute Gasteiger partial charge is 0.426 e. The molecular formula is C15H18O3. The monoisotopic (exact) mass is 246 g/mol. The van der Waals surface area contributed by atoms with Gasteiger partial charge >= 0.3 is 5.97 Å². The molecule has 18 heavy (non-hydrogen) atoms. The van der Waals surface area contributed by atoms with Crippen molar-refractivity contribution in [3.63, 3.8) is 0 Å². The summed E-state index contributed by atoms with van der Waals surface area (Å²) in [4.78, 5) is 11.7. The van der Waals surface area contributed by atoms with Crippen LogP contribution >= 0.6 is 0 Å². The van der Waals surface area contributed by atoms with Crippen LogP contribution in [0.4, 0.5) is 0 Å². The molecule has 0 aromatic rings. The van der Waals surface area contributed by atoms with Gasteiger partial charge in [-0.05, 0) is 31.1 Å². The minimum Gasteiger partial charge on any atom is -0.426 e. The Morgan fingerprint density at radius 2 is 2.28 bits per heavy atom. The number of esters is 1. The number of hydrogen-bond acceptors (Lipinski definition) is 3. The summed E-state index contributed by atoms with van der Waals surface area (Å²) in [6.07, 6.45) is 6.23. The third-order valence-electron chi connectivity index (χ3n) is 4.69. The summed E-state index contributed by atoms with van der Waals surface area (Å²) < 4.78 is 5.19. The van der Waals surface area contributed by atoms with Crippen molar-refractivity contribution in [1.29, 1.82) is 0 Å². The molecule has 3 rings (SSSR count). The van der Waals surface area contributed by atoms with E-state index in [4.69, 9.17) is 4.74 Å². The maximum Gasteiger partial charge on any atom is 0.336 e. The Morgan fingerprint density at radius 3 is 3.00 bits per heavy atom. The van der Waals surface area contributed by atoms with E-state index >= 15 is 0 Å². The molecule has 0 aromatic carbocycles. The van der Waals surface area contributed by atoms with E-state index in [0.29, 0.717) is 24.3 Å². The number of ether oxygens (including phenoxy) is 1. The number of carbonyl (C=O) groups is 1. The van der Waals surface area contributed by atoms with Crippen LogP contribution in [0.2, 0.25) is 0 Å². The highest BCUT2D eigenvalue weighted by atomic mass is 16.7. The minimum atomic E-state index is -1.39. The van der Waals surface area contributed by atoms with Crippen LogP contribution in [-0.2, 0) is 9.53 Å². The van der Waals surface area contributed by atoms with Crippen molar-refractivity contribution >= 4 is 5.97 Å². The van der Waals surface area contributed by atoms with E-state index in [1.54, 1.807) is 6.92 Å². The second-order valence-electron chi connectivity index (χ2n) is 5.98. The molecule has 0 radical (unpaired) electrons. The maximum atomic E-state index is 11.7. The zero-order valence-corrected chi connectivity index (χ0v) is 10.8. The second kappa shape index (κ2) is 3.35. The summed E-state index contributed by atoms with van der Waals surface area (Å²) >= 11 is 0. The number of allylic oxidation sites excluding steroid dienone is 3. The Morgan fingerprint density at radius 1 is 1.56 bits per heavy atom. The van der Waals surface area contributed by atoms with Gasteiger partial charge < -0.3 is 9.84 Å². The van der Waals surface area contributed by atoms with Crippen LogP contribution in [-0.4, -0.2) is 16.9 Å². The topological polar surface area (TPSA) is 46.5 Å². The average molecular weight is 246 g/mol. The fourth-order valence-corrected chi connectivity index (χ4v) is 3.65. The highest BCUT2D eigenvalue weighted by Gasteiger charge is 2.56. The fraction of sp³-hybridized carbons (Fsp3) is 0.533. The van der Waals surface area contributed by atoms with Crippen LogP contribution in [0, 0.1) is 11.3 Å². The summed E-state index contributed by atoms with van der Waals surface area (Å²) in [7, 11) is 0. The Labute approximate surface area is 107 Å². The third kappa shape index (κ3) is 1.37. The van der Waals surface area contributed by atoms with Crippen molar-refractivity contribution < 1.29 is 14.6 Å². The molecule has 1 fully saturated rings. The van der Waals surface area contributed by atoms with Crippen LogP contribution in [0.15, 0.2) is 35.5 Å². The van der Waals surface area contributed by atoms with Crippen LogP contribution in [0.5, 0.6) is 0 Å². The minimum absolute atomic E-state index is 0.168. The van der Waals surface area contributed by atoms with Gasteiger partial charge in [0.25, 0.3) is 0 Å². The standard InChI is InChI=1S/C15H18O3/c1-9-5-4-6-14(3)8-15(17)12(7-11(9)14)10(2)13(16)18-15/h4,6,11,17H,1,5,7-8H2,2-3H3/t11-,14-,15+/m0/s1. The molecule has 0 saturated heterocycles. The molecule has 1 aliphatic heterocycles.